The fourth-order valence-corrected chi connectivity index (χ4v) is 2.14. The molecular formula is C10H19N3O2. The van der Waals surface area contributed by atoms with E-state index in [1.165, 1.54) is 0 Å². The van der Waals surface area contributed by atoms with E-state index in [0.717, 1.165) is 12.8 Å². The van der Waals surface area contributed by atoms with Gasteiger partial charge in [0.15, 0.2) is 0 Å². The lowest BCUT2D eigenvalue weighted by atomic mass is 9.62. The minimum atomic E-state index is -0.628. The number of hydrogen-bond donors (Lipinski definition) is 3. The van der Waals surface area contributed by atoms with Crippen LogP contribution in [-0.2, 0) is 9.59 Å². The summed E-state index contributed by atoms with van der Waals surface area (Å²) in [6.45, 7) is 3.99. The molecule has 0 aromatic heterocycles. The molecule has 0 bridgehead atoms. The van der Waals surface area contributed by atoms with E-state index in [2.05, 4.69) is 12.2 Å². The Morgan fingerprint density at radius 3 is 2.40 bits per heavy atom. The maximum absolute atomic E-state index is 11.8. The van der Waals surface area contributed by atoms with Gasteiger partial charge in [-0.25, -0.2) is 0 Å². The molecule has 1 aliphatic rings. The highest BCUT2D eigenvalue weighted by atomic mass is 16.2. The van der Waals surface area contributed by atoms with E-state index in [0.29, 0.717) is 12.5 Å². The van der Waals surface area contributed by atoms with Crippen molar-refractivity contribution in [3.8, 4) is 0 Å². The Labute approximate surface area is 89.6 Å². The summed E-state index contributed by atoms with van der Waals surface area (Å²) in [7, 11) is 0. The first-order valence-corrected chi connectivity index (χ1v) is 5.21. The second-order valence-corrected chi connectivity index (χ2v) is 4.60. The summed E-state index contributed by atoms with van der Waals surface area (Å²) in [5.41, 5.74) is 10.2. The zero-order valence-electron chi connectivity index (χ0n) is 9.25. The first-order valence-electron chi connectivity index (χ1n) is 5.21. The zero-order valence-corrected chi connectivity index (χ0v) is 9.25. The van der Waals surface area contributed by atoms with Crippen LogP contribution in [0, 0.1) is 11.3 Å². The minimum Gasteiger partial charge on any atom is -0.368 e. The van der Waals surface area contributed by atoms with Gasteiger partial charge in [0.2, 0.25) is 11.8 Å². The van der Waals surface area contributed by atoms with Gasteiger partial charge in [0.1, 0.15) is 6.04 Å². The summed E-state index contributed by atoms with van der Waals surface area (Å²) in [6.07, 6.45) is 1.58. The average molecular weight is 213 g/mol. The Kier molecular flexibility index (Phi) is 3.34. The molecule has 86 valence electrons. The van der Waals surface area contributed by atoms with Gasteiger partial charge < -0.3 is 16.8 Å². The fraction of sp³-hybridized carbons (Fsp3) is 0.800. The van der Waals surface area contributed by atoms with Gasteiger partial charge in [-0.15, -0.1) is 0 Å². The third kappa shape index (κ3) is 2.28. The van der Waals surface area contributed by atoms with Gasteiger partial charge in [0, 0.05) is 6.54 Å². The van der Waals surface area contributed by atoms with E-state index < -0.39 is 17.4 Å². The van der Waals surface area contributed by atoms with Crippen molar-refractivity contribution in [1.29, 1.82) is 0 Å². The molecule has 1 fully saturated rings. The van der Waals surface area contributed by atoms with Gasteiger partial charge in [-0.05, 0) is 25.7 Å². The lowest BCUT2D eigenvalue weighted by Crippen LogP contribution is -2.56. The summed E-state index contributed by atoms with van der Waals surface area (Å²) < 4.78 is 0. The predicted octanol–water partition coefficient (Wildman–Crippen LogP) is -0.649. The Morgan fingerprint density at radius 1 is 1.53 bits per heavy atom. The van der Waals surface area contributed by atoms with E-state index in [1.807, 2.05) is 0 Å². The van der Waals surface area contributed by atoms with Crippen LogP contribution in [0.25, 0.3) is 0 Å². The SMILES string of the molecule is CC1CC(CN)(C(=O)NC(C)C(N)=O)C1. The lowest BCUT2D eigenvalue weighted by Gasteiger charge is -2.44. The smallest absolute Gasteiger partial charge is 0.239 e. The topological polar surface area (TPSA) is 98.2 Å². The predicted molar refractivity (Wildman–Crippen MR) is 56.7 cm³/mol. The maximum Gasteiger partial charge on any atom is 0.239 e. The van der Waals surface area contributed by atoms with Gasteiger partial charge in [0.25, 0.3) is 0 Å². The second kappa shape index (κ2) is 4.18. The van der Waals surface area contributed by atoms with Crippen molar-refractivity contribution in [1.82, 2.24) is 5.32 Å². The standard InChI is InChI=1S/C10H19N3O2/c1-6-3-10(4-6,5-11)9(15)13-7(2)8(12)14/h6-7H,3-5,11H2,1-2H3,(H2,12,14)(H,13,15). The fourth-order valence-electron chi connectivity index (χ4n) is 2.14. The number of hydrogen-bond acceptors (Lipinski definition) is 3. The number of nitrogens with two attached hydrogens (primary N) is 2. The molecule has 0 saturated heterocycles. The second-order valence-electron chi connectivity index (χ2n) is 4.60. The first kappa shape index (κ1) is 12.0. The van der Waals surface area contributed by atoms with Crippen LogP contribution in [0.2, 0.25) is 0 Å². The molecule has 5 heteroatoms. The van der Waals surface area contributed by atoms with Gasteiger partial charge in [-0.2, -0.15) is 0 Å². The quantitative estimate of drug-likeness (QED) is 0.578. The Bertz CT molecular complexity index is 272. The molecule has 5 nitrogen and oxygen atoms in total. The van der Waals surface area contributed by atoms with E-state index >= 15 is 0 Å². The van der Waals surface area contributed by atoms with Crippen LogP contribution >= 0.6 is 0 Å². The van der Waals surface area contributed by atoms with Crippen molar-refractivity contribution < 1.29 is 9.59 Å². The van der Waals surface area contributed by atoms with Crippen LogP contribution in [0.3, 0.4) is 0 Å². The molecule has 0 radical (unpaired) electrons. The van der Waals surface area contributed by atoms with Crippen molar-refractivity contribution in [3.63, 3.8) is 0 Å². The number of primary amides is 1. The molecule has 15 heavy (non-hydrogen) atoms. The molecule has 1 aliphatic carbocycles. The van der Waals surface area contributed by atoms with E-state index in [1.54, 1.807) is 6.92 Å². The van der Waals surface area contributed by atoms with Crippen LogP contribution in [0.1, 0.15) is 26.7 Å². The third-order valence-electron chi connectivity index (χ3n) is 3.13. The van der Waals surface area contributed by atoms with Gasteiger partial charge in [-0.1, -0.05) is 6.92 Å². The van der Waals surface area contributed by atoms with E-state index in [-0.39, 0.29) is 5.91 Å². The molecule has 0 aromatic rings. The normalized spacial score (nSPS) is 31.5. The average Bonchev–Trinajstić information content (AvgIpc) is 2.11. The molecule has 5 N–H and O–H groups in total. The summed E-state index contributed by atoms with van der Waals surface area (Å²) in [5, 5.41) is 2.60. The molecule has 0 aromatic carbocycles. The van der Waals surface area contributed by atoms with Crippen LogP contribution in [0.4, 0.5) is 0 Å². The van der Waals surface area contributed by atoms with Crippen LogP contribution in [-0.4, -0.2) is 24.4 Å². The van der Waals surface area contributed by atoms with Crippen molar-refractivity contribution >= 4 is 11.8 Å². The largest absolute Gasteiger partial charge is 0.368 e. The van der Waals surface area contributed by atoms with E-state index in [9.17, 15) is 9.59 Å². The maximum atomic E-state index is 11.8. The monoisotopic (exact) mass is 213 g/mol. The number of carbonyl (C=O) groups is 2. The molecule has 0 aliphatic heterocycles. The molecule has 1 atom stereocenters. The van der Waals surface area contributed by atoms with E-state index in [4.69, 9.17) is 11.5 Å². The van der Waals surface area contributed by atoms with Gasteiger partial charge in [-0.3, -0.25) is 9.59 Å². The summed E-state index contributed by atoms with van der Waals surface area (Å²) in [5.74, 6) is -0.138. The number of rotatable bonds is 4. The van der Waals surface area contributed by atoms with Crippen LogP contribution in [0.5, 0.6) is 0 Å². The van der Waals surface area contributed by atoms with Crippen molar-refractivity contribution in [2.45, 2.75) is 32.7 Å². The third-order valence-corrected chi connectivity index (χ3v) is 3.13. The van der Waals surface area contributed by atoms with Gasteiger partial charge in [0.05, 0.1) is 5.41 Å². The Morgan fingerprint density at radius 2 is 2.07 bits per heavy atom. The molecular weight excluding hydrogens is 194 g/mol. The first-order chi connectivity index (χ1) is 6.91. The highest BCUT2D eigenvalue weighted by Gasteiger charge is 2.47. The molecule has 2 amide bonds. The van der Waals surface area contributed by atoms with Crippen molar-refractivity contribution in [3.05, 3.63) is 0 Å². The van der Waals surface area contributed by atoms with Crippen LogP contribution in [0.15, 0.2) is 0 Å². The molecule has 0 heterocycles. The van der Waals surface area contributed by atoms with Gasteiger partial charge >= 0.3 is 0 Å². The molecule has 1 rings (SSSR count). The van der Waals surface area contributed by atoms with Crippen molar-refractivity contribution in [2.24, 2.45) is 22.8 Å². The molecule has 1 unspecified atom stereocenters. The highest BCUT2D eigenvalue weighted by molar-refractivity contribution is 5.89. The zero-order chi connectivity index (χ0) is 11.6. The Hall–Kier alpha value is -1.10. The lowest BCUT2D eigenvalue weighted by molar-refractivity contribution is -0.140. The number of carbonyl (C=O) groups excluding carboxylic acids is 2. The number of amides is 2. The van der Waals surface area contributed by atoms with Crippen molar-refractivity contribution in [2.75, 3.05) is 6.54 Å². The molecule has 1 saturated carbocycles. The summed E-state index contributed by atoms with van der Waals surface area (Å²) >= 11 is 0. The summed E-state index contributed by atoms with van der Waals surface area (Å²) in [6, 6.07) is -0.628. The number of nitrogens with one attached hydrogen (secondary N) is 1. The molecule has 0 spiro atoms. The minimum absolute atomic E-state index is 0.144. The summed E-state index contributed by atoms with van der Waals surface area (Å²) in [4.78, 5) is 22.6. The van der Waals surface area contributed by atoms with Crippen LogP contribution < -0.4 is 16.8 Å². The highest BCUT2D eigenvalue weighted by Crippen LogP contribution is 2.44. The Balaban J connectivity index is 2.56.